The van der Waals surface area contributed by atoms with Crippen molar-refractivity contribution in [2.75, 3.05) is 6.61 Å². The van der Waals surface area contributed by atoms with Gasteiger partial charge in [0.25, 0.3) is 0 Å². The van der Waals surface area contributed by atoms with Gasteiger partial charge in [0.2, 0.25) is 0 Å². The van der Waals surface area contributed by atoms with Gasteiger partial charge in [-0.3, -0.25) is 9.59 Å². The summed E-state index contributed by atoms with van der Waals surface area (Å²) in [5.41, 5.74) is 0. The zero-order chi connectivity index (χ0) is 19.2. The Bertz CT molecular complexity index is 392. The highest BCUT2D eigenvalue weighted by Crippen LogP contribution is 2.30. The number of carbonyl (C=O) groups is 2. The molecule has 2 unspecified atom stereocenters. The summed E-state index contributed by atoms with van der Waals surface area (Å²) in [4.78, 5) is 23.1. The van der Waals surface area contributed by atoms with Crippen LogP contribution in [0.1, 0.15) is 104 Å². The molecule has 1 saturated carbocycles. The molecule has 1 aliphatic rings. The Hall–Kier alpha value is -1.06. The lowest BCUT2D eigenvalue weighted by molar-refractivity contribution is -0.152. The SMILES string of the molecule is CC(C)CCCCCCCCCCCOC(=O)C1CCCC(C(=O)O)C1. The van der Waals surface area contributed by atoms with Gasteiger partial charge in [-0.05, 0) is 31.6 Å². The molecule has 4 heteroatoms. The highest BCUT2D eigenvalue weighted by atomic mass is 16.5. The maximum atomic E-state index is 12.1. The molecule has 4 nitrogen and oxygen atoms in total. The van der Waals surface area contributed by atoms with E-state index >= 15 is 0 Å². The van der Waals surface area contributed by atoms with E-state index < -0.39 is 5.97 Å². The van der Waals surface area contributed by atoms with E-state index in [0.29, 0.717) is 19.4 Å². The normalized spacial score (nSPS) is 20.3. The van der Waals surface area contributed by atoms with E-state index in [1.807, 2.05) is 0 Å². The van der Waals surface area contributed by atoms with Crippen LogP contribution in [0, 0.1) is 17.8 Å². The predicted molar refractivity (Wildman–Crippen MR) is 105 cm³/mol. The van der Waals surface area contributed by atoms with E-state index in [1.54, 1.807) is 0 Å². The average Bonchev–Trinajstić information content (AvgIpc) is 2.62. The first-order chi connectivity index (χ1) is 12.5. The fourth-order valence-electron chi connectivity index (χ4n) is 3.81. The highest BCUT2D eigenvalue weighted by molar-refractivity contribution is 5.75. The number of carboxylic acid groups (broad SMARTS) is 1. The first-order valence-electron chi connectivity index (χ1n) is 10.9. The van der Waals surface area contributed by atoms with Gasteiger partial charge in [-0.2, -0.15) is 0 Å². The third-order valence-electron chi connectivity index (χ3n) is 5.53. The first-order valence-corrected chi connectivity index (χ1v) is 10.9. The van der Waals surface area contributed by atoms with Crippen molar-refractivity contribution >= 4 is 11.9 Å². The predicted octanol–water partition coefficient (Wildman–Crippen LogP) is 5.98. The van der Waals surface area contributed by atoms with Crippen molar-refractivity contribution in [3.8, 4) is 0 Å². The van der Waals surface area contributed by atoms with Gasteiger partial charge in [-0.15, -0.1) is 0 Å². The van der Waals surface area contributed by atoms with Gasteiger partial charge in [-0.25, -0.2) is 0 Å². The molecule has 0 spiro atoms. The van der Waals surface area contributed by atoms with E-state index in [1.165, 1.54) is 51.4 Å². The lowest BCUT2D eigenvalue weighted by atomic mass is 9.81. The van der Waals surface area contributed by atoms with Crippen molar-refractivity contribution in [1.29, 1.82) is 0 Å². The van der Waals surface area contributed by atoms with Crippen molar-refractivity contribution in [2.45, 2.75) is 104 Å². The van der Waals surface area contributed by atoms with E-state index in [9.17, 15) is 9.59 Å². The number of ether oxygens (including phenoxy) is 1. The van der Waals surface area contributed by atoms with E-state index in [0.717, 1.165) is 31.6 Å². The molecule has 0 aromatic rings. The van der Waals surface area contributed by atoms with Crippen LogP contribution in [0.4, 0.5) is 0 Å². The Morgan fingerprint density at radius 2 is 1.42 bits per heavy atom. The number of aliphatic carboxylic acids is 1. The minimum absolute atomic E-state index is 0.183. The van der Waals surface area contributed by atoms with Gasteiger partial charge in [0.15, 0.2) is 0 Å². The number of hydrogen-bond acceptors (Lipinski definition) is 3. The Morgan fingerprint density at radius 1 is 0.885 bits per heavy atom. The van der Waals surface area contributed by atoms with Crippen LogP contribution in [0.3, 0.4) is 0 Å². The Morgan fingerprint density at radius 3 is 2.00 bits per heavy atom. The van der Waals surface area contributed by atoms with E-state index in [2.05, 4.69) is 13.8 Å². The molecule has 0 aliphatic heterocycles. The van der Waals surface area contributed by atoms with E-state index in [-0.39, 0.29) is 17.8 Å². The minimum atomic E-state index is -0.776. The smallest absolute Gasteiger partial charge is 0.308 e. The second-order valence-electron chi connectivity index (χ2n) is 8.43. The fourth-order valence-corrected chi connectivity index (χ4v) is 3.81. The number of carbonyl (C=O) groups excluding carboxylic acids is 1. The van der Waals surface area contributed by atoms with E-state index in [4.69, 9.17) is 9.84 Å². The number of carboxylic acids is 1. The van der Waals surface area contributed by atoms with Crippen LogP contribution in [0.2, 0.25) is 0 Å². The number of unbranched alkanes of at least 4 members (excludes halogenated alkanes) is 8. The molecule has 0 aromatic carbocycles. The average molecular weight is 369 g/mol. The summed E-state index contributed by atoms with van der Waals surface area (Å²) in [6.07, 6.45) is 15.4. The largest absolute Gasteiger partial charge is 0.481 e. The summed E-state index contributed by atoms with van der Waals surface area (Å²) in [6, 6.07) is 0. The lowest BCUT2D eigenvalue weighted by Gasteiger charge is -2.25. The molecule has 0 amide bonds. The first kappa shape index (κ1) is 23.0. The van der Waals surface area contributed by atoms with Gasteiger partial charge in [0.05, 0.1) is 18.4 Å². The van der Waals surface area contributed by atoms with Gasteiger partial charge >= 0.3 is 11.9 Å². The van der Waals surface area contributed by atoms with Crippen molar-refractivity contribution in [2.24, 2.45) is 17.8 Å². The zero-order valence-corrected chi connectivity index (χ0v) is 17.0. The van der Waals surface area contributed by atoms with Crippen molar-refractivity contribution < 1.29 is 19.4 Å². The van der Waals surface area contributed by atoms with Gasteiger partial charge in [0.1, 0.15) is 0 Å². The molecule has 0 bridgehead atoms. The molecule has 1 fully saturated rings. The third kappa shape index (κ3) is 10.8. The maximum Gasteiger partial charge on any atom is 0.308 e. The van der Waals surface area contributed by atoms with Crippen LogP contribution in [-0.4, -0.2) is 23.7 Å². The fraction of sp³-hybridized carbons (Fsp3) is 0.909. The zero-order valence-electron chi connectivity index (χ0n) is 17.0. The van der Waals surface area contributed by atoms with Gasteiger partial charge in [-0.1, -0.05) is 78.1 Å². The minimum Gasteiger partial charge on any atom is -0.481 e. The van der Waals surface area contributed by atoms with Gasteiger partial charge < -0.3 is 9.84 Å². The molecule has 0 aromatic heterocycles. The monoisotopic (exact) mass is 368 g/mol. The molecule has 1 N–H and O–H groups in total. The molecular formula is C22H40O4. The molecule has 2 atom stereocenters. The lowest BCUT2D eigenvalue weighted by Crippen LogP contribution is -2.28. The van der Waals surface area contributed by atoms with Crippen molar-refractivity contribution in [3.63, 3.8) is 0 Å². The maximum absolute atomic E-state index is 12.1. The highest BCUT2D eigenvalue weighted by Gasteiger charge is 2.31. The Labute approximate surface area is 160 Å². The van der Waals surface area contributed by atoms with Crippen LogP contribution in [0.25, 0.3) is 0 Å². The Balaban J connectivity index is 1.91. The van der Waals surface area contributed by atoms with Crippen molar-refractivity contribution in [3.05, 3.63) is 0 Å². The summed E-state index contributed by atoms with van der Waals surface area (Å²) in [7, 11) is 0. The molecule has 1 aliphatic carbocycles. The van der Waals surface area contributed by atoms with Crippen LogP contribution >= 0.6 is 0 Å². The van der Waals surface area contributed by atoms with Crippen LogP contribution in [-0.2, 0) is 14.3 Å². The quantitative estimate of drug-likeness (QED) is 0.303. The molecular weight excluding hydrogens is 328 g/mol. The molecule has 0 saturated heterocycles. The topological polar surface area (TPSA) is 63.6 Å². The standard InChI is InChI=1S/C22H40O4/c1-18(2)13-10-8-6-4-3-5-7-9-11-16-26-22(25)20-15-12-14-19(17-20)21(23)24/h18-20H,3-17H2,1-2H3,(H,23,24). The summed E-state index contributed by atoms with van der Waals surface area (Å²) < 4.78 is 5.37. The molecule has 0 heterocycles. The second-order valence-corrected chi connectivity index (χ2v) is 8.43. The third-order valence-corrected chi connectivity index (χ3v) is 5.53. The molecule has 26 heavy (non-hydrogen) atoms. The van der Waals surface area contributed by atoms with Gasteiger partial charge in [0, 0.05) is 0 Å². The number of rotatable bonds is 14. The number of hydrogen-bond donors (Lipinski definition) is 1. The molecule has 152 valence electrons. The molecule has 0 radical (unpaired) electrons. The molecule has 1 rings (SSSR count). The van der Waals surface area contributed by atoms with Crippen LogP contribution in [0.5, 0.6) is 0 Å². The van der Waals surface area contributed by atoms with Crippen LogP contribution < -0.4 is 0 Å². The summed E-state index contributed by atoms with van der Waals surface area (Å²) in [5, 5.41) is 9.08. The van der Waals surface area contributed by atoms with Crippen molar-refractivity contribution in [1.82, 2.24) is 0 Å². The van der Waals surface area contributed by atoms with Crippen LogP contribution in [0.15, 0.2) is 0 Å². The summed E-state index contributed by atoms with van der Waals surface area (Å²) >= 11 is 0. The number of esters is 1. The second kappa shape index (κ2) is 14.1. The summed E-state index contributed by atoms with van der Waals surface area (Å²) in [6.45, 7) is 5.07. The Kier molecular flexibility index (Phi) is 12.4. The summed E-state index contributed by atoms with van der Waals surface area (Å²) in [5.74, 6) is -0.701.